The van der Waals surface area contributed by atoms with Gasteiger partial charge in [-0.2, -0.15) is 20.1 Å². The van der Waals surface area contributed by atoms with Crippen molar-refractivity contribution in [1.82, 2.24) is 15.0 Å². The fraction of sp³-hybridized carbons (Fsp3) is 0.636. The number of aryl methyl sites for hydroxylation is 1. The van der Waals surface area contributed by atoms with Crippen LogP contribution >= 0.6 is 0 Å². The number of hydrazone groups is 1. The molecule has 2 atom stereocenters. The molecule has 1 aromatic heterocycles. The Hall–Kier alpha value is -1.72. The average molecular weight is 234 g/mol. The Labute approximate surface area is 101 Å². The molecule has 2 unspecified atom stereocenters. The molecule has 6 nitrogen and oxygen atoms in total. The first-order valence-corrected chi connectivity index (χ1v) is 5.99. The van der Waals surface area contributed by atoms with E-state index in [2.05, 4.69) is 33.9 Å². The van der Waals surface area contributed by atoms with Gasteiger partial charge in [0.1, 0.15) is 5.82 Å². The molecule has 17 heavy (non-hydrogen) atoms. The molecule has 1 aromatic rings. The van der Waals surface area contributed by atoms with Crippen molar-refractivity contribution < 1.29 is 0 Å². The predicted octanol–water partition coefficient (Wildman–Crippen LogP) is 1.24. The van der Waals surface area contributed by atoms with E-state index in [1.807, 2.05) is 18.1 Å². The highest BCUT2D eigenvalue weighted by atomic mass is 15.5. The zero-order valence-electron chi connectivity index (χ0n) is 10.5. The summed E-state index contributed by atoms with van der Waals surface area (Å²) in [5, 5.41) is 6.20. The largest absolute Gasteiger partial charge is 0.368 e. The zero-order chi connectivity index (χ0) is 12.4. The minimum atomic E-state index is 0.261. The highest BCUT2D eigenvalue weighted by Crippen LogP contribution is 2.24. The summed E-state index contributed by atoms with van der Waals surface area (Å²) in [6.45, 7) is 6.27. The second-order valence-electron chi connectivity index (χ2n) is 4.21. The summed E-state index contributed by atoms with van der Waals surface area (Å²) >= 11 is 0. The summed E-state index contributed by atoms with van der Waals surface area (Å²) in [5.74, 6) is 1.93. The lowest BCUT2D eigenvalue weighted by atomic mass is 10.0. The van der Waals surface area contributed by atoms with Gasteiger partial charge in [-0.05, 0) is 6.42 Å². The molecule has 1 aliphatic heterocycles. The summed E-state index contributed by atoms with van der Waals surface area (Å²) in [4.78, 5) is 12.6. The molecule has 0 amide bonds. The summed E-state index contributed by atoms with van der Waals surface area (Å²) in [7, 11) is 0. The monoisotopic (exact) mass is 234 g/mol. The number of hydrogen-bond acceptors (Lipinski definition) is 6. The van der Waals surface area contributed by atoms with E-state index in [1.54, 1.807) is 0 Å². The van der Waals surface area contributed by atoms with Gasteiger partial charge < -0.3 is 5.73 Å². The van der Waals surface area contributed by atoms with E-state index < -0.39 is 0 Å². The van der Waals surface area contributed by atoms with E-state index in [9.17, 15) is 0 Å². The summed E-state index contributed by atoms with van der Waals surface area (Å²) in [5.41, 5.74) is 5.68. The Balaban J connectivity index is 2.33. The van der Waals surface area contributed by atoms with E-state index in [0.29, 0.717) is 23.7 Å². The van der Waals surface area contributed by atoms with E-state index in [1.165, 1.54) is 0 Å². The van der Waals surface area contributed by atoms with Crippen LogP contribution < -0.4 is 10.7 Å². The average Bonchev–Trinajstić information content (AvgIpc) is 2.69. The lowest BCUT2D eigenvalue weighted by molar-refractivity contribution is 0.535. The fourth-order valence-electron chi connectivity index (χ4n) is 2.02. The third-order valence-corrected chi connectivity index (χ3v) is 2.97. The highest BCUT2D eigenvalue weighted by Gasteiger charge is 2.29. The van der Waals surface area contributed by atoms with Gasteiger partial charge in [-0.1, -0.05) is 20.8 Å². The van der Waals surface area contributed by atoms with Crippen molar-refractivity contribution in [3.63, 3.8) is 0 Å². The SMILES string of the molecule is CCc1nc(N)nc(N2N=CC(C)C2CC)n1. The van der Waals surface area contributed by atoms with Crippen molar-refractivity contribution in [2.45, 2.75) is 39.7 Å². The normalized spacial score (nSPS) is 23.4. The maximum Gasteiger partial charge on any atom is 0.251 e. The third-order valence-electron chi connectivity index (χ3n) is 2.97. The fourth-order valence-corrected chi connectivity index (χ4v) is 2.02. The van der Waals surface area contributed by atoms with Crippen LogP contribution in [0.15, 0.2) is 5.10 Å². The Kier molecular flexibility index (Phi) is 3.21. The van der Waals surface area contributed by atoms with Crippen molar-refractivity contribution in [2.24, 2.45) is 11.0 Å². The number of nitrogen functional groups attached to an aromatic ring is 1. The molecule has 0 bridgehead atoms. The first kappa shape index (κ1) is 11.8. The topological polar surface area (TPSA) is 80.3 Å². The zero-order valence-corrected chi connectivity index (χ0v) is 10.5. The maximum absolute atomic E-state index is 5.68. The quantitative estimate of drug-likeness (QED) is 0.851. The molecule has 0 radical (unpaired) electrons. The van der Waals surface area contributed by atoms with Gasteiger partial charge >= 0.3 is 0 Å². The van der Waals surface area contributed by atoms with Gasteiger partial charge in [-0.15, -0.1) is 0 Å². The van der Waals surface area contributed by atoms with Crippen LogP contribution in [0.4, 0.5) is 11.9 Å². The molecular weight excluding hydrogens is 216 g/mol. The minimum absolute atomic E-state index is 0.261. The Bertz CT molecular complexity index is 430. The van der Waals surface area contributed by atoms with Gasteiger partial charge in [0.2, 0.25) is 5.95 Å². The van der Waals surface area contributed by atoms with Crippen LogP contribution in [0, 0.1) is 5.92 Å². The van der Waals surface area contributed by atoms with Gasteiger partial charge in [0.05, 0.1) is 6.04 Å². The van der Waals surface area contributed by atoms with Crippen molar-refractivity contribution in [1.29, 1.82) is 0 Å². The predicted molar refractivity (Wildman–Crippen MR) is 67.8 cm³/mol. The second kappa shape index (κ2) is 4.65. The van der Waals surface area contributed by atoms with Crippen molar-refractivity contribution in [3.05, 3.63) is 5.82 Å². The molecule has 92 valence electrons. The highest BCUT2D eigenvalue weighted by molar-refractivity contribution is 5.67. The molecule has 0 saturated carbocycles. The molecule has 2 rings (SSSR count). The van der Waals surface area contributed by atoms with Crippen molar-refractivity contribution >= 4 is 18.1 Å². The second-order valence-corrected chi connectivity index (χ2v) is 4.21. The van der Waals surface area contributed by atoms with Crippen LogP contribution in [0.25, 0.3) is 0 Å². The van der Waals surface area contributed by atoms with Gasteiger partial charge in [0, 0.05) is 18.6 Å². The number of nitrogens with zero attached hydrogens (tertiary/aromatic N) is 5. The van der Waals surface area contributed by atoms with Crippen LogP contribution in [0.3, 0.4) is 0 Å². The maximum atomic E-state index is 5.68. The molecule has 0 fully saturated rings. The van der Waals surface area contributed by atoms with Crippen LogP contribution in [0.5, 0.6) is 0 Å². The number of anilines is 2. The minimum Gasteiger partial charge on any atom is -0.368 e. The molecule has 0 spiro atoms. The molecular formula is C11H18N6. The first-order valence-electron chi connectivity index (χ1n) is 5.99. The number of nitrogens with two attached hydrogens (primary N) is 1. The first-order chi connectivity index (χ1) is 8.15. The summed E-state index contributed by atoms with van der Waals surface area (Å²) in [6, 6.07) is 0.307. The Morgan fingerprint density at radius 2 is 2.06 bits per heavy atom. The summed E-state index contributed by atoms with van der Waals surface area (Å²) in [6.07, 6.45) is 3.66. The molecule has 0 saturated heterocycles. The molecule has 2 heterocycles. The van der Waals surface area contributed by atoms with E-state index in [0.717, 1.165) is 12.8 Å². The van der Waals surface area contributed by atoms with Gasteiger partial charge in [0.15, 0.2) is 0 Å². The van der Waals surface area contributed by atoms with Crippen molar-refractivity contribution in [3.8, 4) is 0 Å². The lowest BCUT2D eigenvalue weighted by Gasteiger charge is -2.23. The van der Waals surface area contributed by atoms with E-state index in [4.69, 9.17) is 5.73 Å². The molecule has 0 aromatic carbocycles. The molecule has 0 aliphatic carbocycles. The Morgan fingerprint density at radius 1 is 1.29 bits per heavy atom. The van der Waals surface area contributed by atoms with Crippen molar-refractivity contribution in [2.75, 3.05) is 10.7 Å². The van der Waals surface area contributed by atoms with Gasteiger partial charge in [-0.25, -0.2) is 5.01 Å². The van der Waals surface area contributed by atoms with E-state index >= 15 is 0 Å². The van der Waals surface area contributed by atoms with Gasteiger partial charge in [0.25, 0.3) is 5.95 Å². The van der Waals surface area contributed by atoms with Gasteiger partial charge in [-0.3, -0.25) is 0 Å². The Morgan fingerprint density at radius 3 is 2.71 bits per heavy atom. The smallest absolute Gasteiger partial charge is 0.251 e. The van der Waals surface area contributed by atoms with Crippen LogP contribution in [0.1, 0.15) is 33.0 Å². The lowest BCUT2D eigenvalue weighted by Crippen LogP contribution is -2.32. The van der Waals surface area contributed by atoms with Crippen LogP contribution in [-0.4, -0.2) is 27.2 Å². The van der Waals surface area contributed by atoms with Crippen LogP contribution in [-0.2, 0) is 6.42 Å². The number of aromatic nitrogens is 3. The number of rotatable bonds is 3. The molecule has 1 aliphatic rings. The molecule has 6 heteroatoms. The van der Waals surface area contributed by atoms with E-state index in [-0.39, 0.29) is 5.95 Å². The van der Waals surface area contributed by atoms with Crippen LogP contribution in [0.2, 0.25) is 0 Å². The third kappa shape index (κ3) is 2.20. The number of hydrogen-bond donors (Lipinski definition) is 1. The summed E-state index contributed by atoms with van der Waals surface area (Å²) < 4.78 is 0. The molecule has 2 N–H and O–H groups in total. The standard InChI is InChI=1S/C11H18N6/c1-4-8-7(3)6-13-17(8)11-15-9(5-2)14-10(12)16-11/h6-8H,4-5H2,1-3H3,(H2,12,14,15,16).